The maximum absolute atomic E-state index is 5.40. The molecule has 1 saturated carbocycles. The van der Waals surface area contributed by atoms with Crippen LogP contribution in [0.5, 0.6) is 17.2 Å². The van der Waals surface area contributed by atoms with Gasteiger partial charge < -0.3 is 24.8 Å². The minimum atomic E-state index is 0. The van der Waals surface area contributed by atoms with Crippen molar-refractivity contribution in [3.8, 4) is 17.2 Å². The smallest absolute Gasteiger partial charge is 0.203 e. The lowest BCUT2D eigenvalue weighted by atomic mass is 10.2. The Morgan fingerprint density at radius 1 is 1.08 bits per heavy atom. The highest BCUT2D eigenvalue weighted by molar-refractivity contribution is 14.0. The number of hydrogen-bond donors (Lipinski definition) is 2. The van der Waals surface area contributed by atoms with Crippen LogP contribution in [0.3, 0.4) is 0 Å². The van der Waals surface area contributed by atoms with Gasteiger partial charge in [-0.25, -0.2) is 4.99 Å². The number of methoxy groups -OCH3 is 3. The second kappa shape index (κ2) is 12.1. The van der Waals surface area contributed by atoms with Gasteiger partial charge in [-0.1, -0.05) is 12.8 Å². The average molecular weight is 477 g/mol. The highest BCUT2D eigenvalue weighted by Crippen LogP contribution is 2.38. The highest BCUT2D eigenvalue weighted by Gasteiger charge is 2.20. The molecule has 2 rings (SSSR count). The molecular formula is C19H32IN3O3. The molecular weight excluding hydrogens is 445 g/mol. The number of ether oxygens (including phenoxy) is 3. The minimum Gasteiger partial charge on any atom is -0.493 e. The van der Waals surface area contributed by atoms with Crippen LogP contribution >= 0.6 is 24.0 Å². The molecule has 26 heavy (non-hydrogen) atoms. The van der Waals surface area contributed by atoms with E-state index in [9.17, 15) is 0 Å². The van der Waals surface area contributed by atoms with Gasteiger partial charge in [0.25, 0.3) is 0 Å². The van der Waals surface area contributed by atoms with Crippen LogP contribution in [0.25, 0.3) is 0 Å². The molecule has 1 aromatic carbocycles. The summed E-state index contributed by atoms with van der Waals surface area (Å²) in [6, 6.07) is 3.86. The molecule has 0 unspecified atom stereocenters. The van der Waals surface area contributed by atoms with E-state index in [0.717, 1.165) is 30.5 Å². The summed E-state index contributed by atoms with van der Waals surface area (Å²) in [6.45, 7) is 4.40. The SMILES string of the molecule is CCNC(=NCc1cc(OC)c(OC)c(OC)c1)NCCCC1CC1.I. The van der Waals surface area contributed by atoms with Crippen molar-refractivity contribution in [2.24, 2.45) is 10.9 Å². The monoisotopic (exact) mass is 477 g/mol. The molecule has 0 bridgehead atoms. The van der Waals surface area contributed by atoms with Gasteiger partial charge in [0.1, 0.15) is 0 Å². The number of rotatable bonds is 10. The second-order valence-electron chi connectivity index (χ2n) is 6.24. The molecule has 1 aromatic rings. The summed E-state index contributed by atoms with van der Waals surface area (Å²) < 4.78 is 16.2. The van der Waals surface area contributed by atoms with E-state index in [2.05, 4.69) is 22.5 Å². The number of aliphatic imine (C=N–C) groups is 1. The molecule has 0 heterocycles. The number of nitrogens with zero attached hydrogens (tertiary/aromatic N) is 1. The fourth-order valence-electron chi connectivity index (χ4n) is 2.74. The van der Waals surface area contributed by atoms with E-state index < -0.39 is 0 Å². The van der Waals surface area contributed by atoms with E-state index in [1.165, 1.54) is 25.7 Å². The predicted octanol–water partition coefficient (Wildman–Crippen LogP) is 3.58. The molecule has 0 amide bonds. The van der Waals surface area contributed by atoms with Crippen LogP contribution in [0, 0.1) is 5.92 Å². The Morgan fingerprint density at radius 3 is 2.23 bits per heavy atom. The Kier molecular flexibility index (Phi) is 10.5. The van der Waals surface area contributed by atoms with Gasteiger partial charge in [0.2, 0.25) is 5.75 Å². The van der Waals surface area contributed by atoms with Gasteiger partial charge in [-0.05, 0) is 43.4 Å². The summed E-state index contributed by atoms with van der Waals surface area (Å²) in [5, 5.41) is 6.69. The molecule has 0 radical (unpaired) electrons. The van der Waals surface area contributed by atoms with E-state index in [-0.39, 0.29) is 24.0 Å². The van der Waals surface area contributed by atoms with Crippen LogP contribution in [0.4, 0.5) is 0 Å². The molecule has 0 atom stereocenters. The molecule has 7 heteroatoms. The van der Waals surface area contributed by atoms with Crippen molar-refractivity contribution >= 4 is 29.9 Å². The lowest BCUT2D eigenvalue weighted by Gasteiger charge is -2.14. The highest BCUT2D eigenvalue weighted by atomic mass is 127. The molecule has 6 nitrogen and oxygen atoms in total. The average Bonchev–Trinajstić information content (AvgIpc) is 3.46. The first-order valence-corrected chi connectivity index (χ1v) is 9.02. The molecule has 0 saturated heterocycles. The van der Waals surface area contributed by atoms with E-state index >= 15 is 0 Å². The number of halogens is 1. The molecule has 148 valence electrons. The van der Waals surface area contributed by atoms with Crippen molar-refractivity contribution in [3.05, 3.63) is 17.7 Å². The van der Waals surface area contributed by atoms with Gasteiger partial charge in [-0.2, -0.15) is 0 Å². The van der Waals surface area contributed by atoms with Gasteiger partial charge >= 0.3 is 0 Å². The number of benzene rings is 1. The molecule has 2 N–H and O–H groups in total. The maximum Gasteiger partial charge on any atom is 0.203 e. The number of nitrogens with one attached hydrogen (secondary N) is 2. The standard InChI is InChI=1S/C19H31N3O3.HI/c1-5-20-19(21-10-6-7-14-8-9-14)22-13-15-11-16(23-2)18(25-4)17(12-15)24-3;/h11-12,14H,5-10,13H2,1-4H3,(H2,20,21,22);1H. The van der Waals surface area contributed by atoms with Crippen molar-refractivity contribution in [2.45, 2.75) is 39.2 Å². The van der Waals surface area contributed by atoms with E-state index in [1.54, 1.807) is 21.3 Å². The van der Waals surface area contributed by atoms with E-state index in [1.807, 2.05) is 12.1 Å². The lowest BCUT2D eigenvalue weighted by molar-refractivity contribution is 0.324. The molecule has 0 aromatic heterocycles. The van der Waals surface area contributed by atoms with E-state index in [4.69, 9.17) is 14.2 Å². The summed E-state index contributed by atoms with van der Waals surface area (Å²) >= 11 is 0. The van der Waals surface area contributed by atoms with Gasteiger partial charge in [0.05, 0.1) is 27.9 Å². The Morgan fingerprint density at radius 2 is 1.73 bits per heavy atom. The number of guanidine groups is 1. The fourth-order valence-corrected chi connectivity index (χ4v) is 2.74. The van der Waals surface area contributed by atoms with Crippen molar-refractivity contribution in [1.82, 2.24) is 10.6 Å². The van der Waals surface area contributed by atoms with Crippen LogP contribution in [-0.4, -0.2) is 40.4 Å². The topological polar surface area (TPSA) is 64.1 Å². The zero-order valence-electron chi connectivity index (χ0n) is 16.3. The summed E-state index contributed by atoms with van der Waals surface area (Å²) in [5.41, 5.74) is 1.00. The third-order valence-electron chi connectivity index (χ3n) is 4.27. The Bertz CT molecular complexity index is 552. The molecule has 1 aliphatic rings. The first-order valence-electron chi connectivity index (χ1n) is 9.02. The van der Waals surface area contributed by atoms with Crippen LogP contribution in [0.2, 0.25) is 0 Å². The second-order valence-corrected chi connectivity index (χ2v) is 6.24. The minimum absolute atomic E-state index is 0. The quantitative estimate of drug-likeness (QED) is 0.234. The molecule has 0 aliphatic heterocycles. The van der Waals surface area contributed by atoms with Crippen molar-refractivity contribution in [2.75, 3.05) is 34.4 Å². The third-order valence-corrected chi connectivity index (χ3v) is 4.27. The lowest BCUT2D eigenvalue weighted by Crippen LogP contribution is -2.37. The Labute approximate surface area is 174 Å². The molecule has 0 spiro atoms. The summed E-state index contributed by atoms with van der Waals surface area (Å²) in [4.78, 5) is 4.66. The first-order chi connectivity index (χ1) is 12.2. The third kappa shape index (κ3) is 7.09. The van der Waals surface area contributed by atoms with Crippen LogP contribution < -0.4 is 24.8 Å². The maximum atomic E-state index is 5.40. The zero-order chi connectivity index (χ0) is 18.1. The van der Waals surface area contributed by atoms with Crippen LogP contribution in [0.15, 0.2) is 17.1 Å². The Balaban J connectivity index is 0.00000338. The van der Waals surface area contributed by atoms with E-state index in [0.29, 0.717) is 23.8 Å². The van der Waals surface area contributed by atoms with Crippen molar-refractivity contribution < 1.29 is 14.2 Å². The van der Waals surface area contributed by atoms with Crippen LogP contribution in [-0.2, 0) is 6.54 Å². The summed E-state index contributed by atoms with van der Waals surface area (Å²) in [6.07, 6.45) is 5.34. The summed E-state index contributed by atoms with van der Waals surface area (Å²) in [5.74, 6) is 3.71. The largest absolute Gasteiger partial charge is 0.493 e. The normalized spacial score (nSPS) is 13.6. The zero-order valence-corrected chi connectivity index (χ0v) is 18.6. The Hall–Kier alpha value is -1.38. The predicted molar refractivity (Wildman–Crippen MR) is 116 cm³/mol. The summed E-state index contributed by atoms with van der Waals surface area (Å²) in [7, 11) is 4.85. The fraction of sp³-hybridized carbons (Fsp3) is 0.632. The number of hydrogen-bond acceptors (Lipinski definition) is 4. The van der Waals surface area contributed by atoms with Gasteiger partial charge in [0, 0.05) is 13.1 Å². The molecule has 1 aliphatic carbocycles. The van der Waals surface area contributed by atoms with Crippen molar-refractivity contribution in [1.29, 1.82) is 0 Å². The van der Waals surface area contributed by atoms with Gasteiger partial charge in [0.15, 0.2) is 17.5 Å². The van der Waals surface area contributed by atoms with Crippen LogP contribution in [0.1, 0.15) is 38.2 Å². The van der Waals surface area contributed by atoms with Crippen molar-refractivity contribution in [3.63, 3.8) is 0 Å². The molecule has 1 fully saturated rings. The van der Waals surface area contributed by atoms with Gasteiger partial charge in [-0.15, -0.1) is 24.0 Å². The van der Waals surface area contributed by atoms with Gasteiger partial charge in [-0.3, -0.25) is 0 Å². The first kappa shape index (κ1) is 22.7.